The van der Waals surface area contributed by atoms with Gasteiger partial charge >= 0.3 is 5.97 Å². The molecule has 0 aliphatic heterocycles. The summed E-state index contributed by atoms with van der Waals surface area (Å²) in [5.41, 5.74) is -1.11. The summed E-state index contributed by atoms with van der Waals surface area (Å²) in [6, 6.07) is 12.5. The molecule has 0 saturated heterocycles. The van der Waals surface area contributed by atoms with Crippen molar-refractivity contribution in [2.45, 2.75) is 54.9 Å². The maximum absolute atomic E-state index is 13.7. The van der Waals surface area contributed by atoms with Gasteiger partial charge in [-0.25, -0.2) is 0 Å². The Morgan fingerprint density at radius 2 is 1.50 bits per heavy atom. The highest BCUT2D eigenvalue weighted by molar-refractivity contribution is 6.09. The molecule has 3 aromatic carbocycles. The van der Waals surface area contributed by atoms with Crippen molar-refractivity contribution in [3.8, 4) is 17.2 Å². The van der Waals surface area contributed by atoms with Crippen LogP contribution in [0.3, 0.4) is 0 Å². The van der Waals surface area contributed by atoms with Crippen LogP contribution < -0.4 is 4.74 Å². The summed E-state index contributed by atoms with van der Waals surface area (Å²) in [6.07, 6.45) is 0.664. The van der Waals surface area contributed by atoms with Crippen molar-refractivity contribution in [3.63, 3.8) is 0 Å². The molecule has 0 spiro atoms. The van der Waals surface area contributed by atoms with Crippen molar-refractivity contribution < 1.29 is 19.7 Å². The molecule has 2 N–H and O–H groups in total. The van der Waals surface area contributed by atoms with Gasteiger partial charge in [0.1, 0.15) is 5.75 Å². The van der Waals surface area contributed by atoms with E-state index in [1.54, 1.807) is 12.1 Å². The van der Waals surface area contributed by atoms with E-state index in [1.807, 2.05) is 31.2 Å². The molecule has 0 fully saturated rings. The Hall–Kier alpha value is -2.75. The highest BCUT2D eigenvalue weighted by Crippen LogP contribution is 2.49. The lowest BCUT2D eigenvalue weighted by molar-refractivity contribution is -0.154. The van der Waals surface area contributed by atoms with E-state index in [4.69, 9.17) is 4.74 Å². The predicted octanol–water partition coefficient (Wildman–Crippen LogP) is 6.80. The monoisotopic (exact) mass is 408 g/mol. The smallest absolute Gasteiger partial charge is 0.317 e. The molecule has 4 heteroatoms. The zero-order chi connectivity index (χ0) is 22.5. The first-order valence-corrected chi connectivity index (χ1v) is 10.3. The van der Waals surface area contributed by atoms with Gasteiger partial charge in [-0.15, -0.1) is 0 Å². The molecule has 160 valence electrons. The lowest BCUT2D eigenvalue weighted by Crippen LogP contribution is -2.45. The van der Waals surface area contributed by atoms with Gasteiger partial charge in [-0.05, 0) is 47.8 Å². The van der Waals surface area contributed by atoms with E-state index >= 15 is 0 Å². The van der Waals surface area contributed by atoms with Gasteiger partial charge in [0.2, 0.25) is 0 Å². The van der Waals surface area contributed by atoms with E-state index in [-0.39, 0.29) is 28.3 Å². The second-order valence-electron chi connectivity index (χ2n) is 10.7. The SMILES string of the molecule is CC(C)(C)CC(C)(C(=O)Oc1c2ccccc2cc2c(O)c(O)ccc12)C(C)(C)C. The molecule has 0 saturated carbocycles. The molecule has 0 aromatic heterocycles. The second kappa shape index (κ2) is 7.19. The highest BCUT2D eigenvalue weighted by atomic mass is 16.5. The van der Waals surface area contributed by atoms with Gasteiger partial charge < -0.3 is 14.9 Å². The minimum absolute atomic E-state index is 0.0636. The van der Waals surface area contributed by atoms with Crippen molar-refractivity contribution in [1.82, 2.24) is 0 Å². The van der Waals surface area contributed by atoms with Crippen molar-refractivity contribution in [2.24, 2.45) is 16.2 Å². The van der Waals surface area contributed by atoms with Crippen LogP contribution in [0.25, 0.3) is 21.5 Å². The maximum Gasteiger partial charge on any atom is 0.317 e. The lowest BCUT2D eigenvalue weighted by Gasteiger charge is -2.43. The zero-order valence-electron chi connectivity index (χ0n) is 19.0. The third-order valence-electron chi connectivity index (χ3n) is 6.13. The molecular weight excluding hydrogens is 376 g/mol. The van der Waals surface area contributed by atoms with E-state index < -0.39 is 5.41 Å². The van der Waals surface area contributed by atoms with Crippen molar-refractivity contribution in [3.05, 3.63) is 42.5 Å². The Kier molecular flexibility index (Phi) is 5.26. The topological polar surface area (TPSA) is 66.8 Å². The molecule has 0 aliphatic rings. The Morgan fingerprint density at radius 3 is 2.10 bits per heavy atom. The van der Waals surface area contributed by atoms with E-state index in [9.17, 15) is 15.0 Å². The molecule has 3 aromatic rings. The van der Waals surface area contributed by atoms with Gasteiger partial charge in [-0.1, -0.05) is 65.8 Å². The fourth-order valence-corrected chi connectivity index (χ4v) is 4.09. The maximum atomic E-state index is 13.7. The molecule has 1 atom stereocenters. The van der Waals surface area contributed by atoms with Gasteiger partial charge in [0.15, 0.2) is 11.5 Å². The van der Waals surface area contributed by atoms with Crippen LogP contribution in [0.2, 0.25) is 0 Å². The molecule has 0 radical (unpaired) electrons. The lowest BCUT2D eigenvalue weighted by atomic mass is 9.61. The van der Waals surface area contributed by atoms with Crippen LogP contribution >= 0.6 is 0 Å². The number of fused-ring (bicyclic) bond motifs is 2. The number of phenolic OH excluding ortho intramolecular Hbond substituents is 2. The van der Waals surface area contributed by atoms with E-state index in [0.29, 0.717) is 22.9 Å². The van der Waals surface area contributed by atoms with Crippen LogP contribution in [0.4, 0.5) is 0 Å². The van der Waals surface area contributed by atoms with Gasteiger partial charge in [-0.3, -0.25) is 4.79 Å². The van der Waals surface area contributed by atoms with Crippen LogP contribution in [0.15, 0.2) is 42.5 Å². The summed E-state index contributed by atoms with van der Waals surface area (Å²) in [4.78, 5) is 13.7. The predicted molar refractivity (Wildman–Crippen MR) is 122 cm³/mol. The van der Waals surface area contributed by atoms with E-state index in [1.165, 1.54) is 6.07 Å². The summed E-state index contributed by atoms with van der Waals surface area (Å²) in [6.45, 7) is 14.5. The molecule has 0 amide bonds. The van der Waals surface area contributed by atoms with E-state index in [0.717, 1.165) is 10.8 Å². The van der Waals surface area contributed by atoms with Gasteiger partial charge in [0, 0.05) is 16.2 Å². The number of hydrogen-bond donors (Lipinski definition) is 2. The second-order valence-corrected chi connectivity index (χ2v) is 10.7. The third-order valence-corrected chi connectivity index (χ3v) is 6.13. The molecule has 30 heavy (non-hydrogen) atoms. The van der Waals surface area contributed by atoms with Crippen LogP contribution in [0.5, 0.6) is 17.2 Å². The van der Waals surface area contributed by atoms with Gasteiger partial charge in [0.05, 0.1) is 5.41 Å². The molecule has 0 aliphatic carbocycles. The number of carbonyl (C=O) groups is 1. The average Bonchev–Trinajstić information content (AvgIpc) is 2.62. The minimum atomic E-state index is -0.729. The number of carbonyl (C=O) groups excluding carboxylic acids is 1. The summed E-state index contributed by atoms with van der Waals surface area (Å²) in [5.74, 6) is -0.311. The fourth-order valence-electron chi connectivity index (χ4n) is 4.09. The standard InChI is InChI=1S/C26H32O4/c1-24(2,3)15-26(7,25(4,5)6)23(29)30-22-17-11-9-8-10-16(17)14-19-18(22)12-13-20(27)21(19)28/h8-14,27-28H,15H2,1-7H3. The zero-order valence-corrected chi connectivity index (χ0v) is 19.0. The van der Waals surface area contributed by atoms with Crippen LogP contribution in [0, 0.1) is 16.2 Å². The number of esters is 1. The average molecular weight is 409 g/mol. The summed E-state index contributed by atoms with van der Waals surface area (Å²) >= 11 is 0. The van der Waals surface area contributed by atoms with Crippen molar-refractivity contribution >= 4 is 27.5 Å². The van der Waals surface area contributed by atoms with Crippen LogP contribution in [-0.2, 0) is 4.79 Å². The molecule has 0 heterocycles. The Labute approximate surface area is 178 Å². The largest absolute Gasteiger partial charge is 0.504 e. The molecule has 0 bridgehead atoms. The number of benzene rings is 3. The number of ether oxygens (including phenoxy) is 1. The van der Waals surface area contributed by atoms with Gasteiger partial charge in [-0.2, -0.15) is 0 Å². The Bertz CT molecular complexity index is 1120. The molecule has 3 rings (SSSR count). The number of aromatic hydroxyl groups is 2. The van der Waals surface area contributed by atoms with Crippen molar-refractivity contribution in [2.75, 3.05) is 0 Å². The summed E-state index contributed by atoms with van der Waals surface area (Å²) in [5, 5.41) is 23.0. The van der Waals surface area contributed by atoms with Gasteiger partial charge in [0.25, 0.3) is 0 Å². The quantitative estimate of drug-likeness (QED) is 0.216. The summed E-state index contributed by atoms with van der Waals surface area (Å²) < 4.78 is 6.14. The van der Waals surface area contributed by atoms with Crippen molar-refractivity contribution in [1.29, 1.82) is 0 Å². The Balaban J connectivity index is 2.22. The number of rotatable bonds is 3. The van der Waals surface area contributed by atoms with Crippen LogP contribution in [0.1, 0.15) is 54.9 Å². The third kappa shape index (κ3) is 3.83. The summed E-state index contributed by atoms with van der Waals surface area (Å²) in [7, 11) is 0. The first kappa shape index (κ1) is 21.9. The number of hydrogen-bond acceptors (Lipinski definition) is 4. The number of phenols is 2. The molecule has 1 unspecified atom stereocenters. The first-order chi connectivity index (χ1) is 13.7. The first-order valence-electron chi connectivity index (χ1n) is 10.3. The molecular formula is C26H32O4. The Morgan fingerprint density at radius 1 is 0.867 bits per heavy atom. The highest BCUT2D eigenvalue weighted by Gasteiger charge is 2.48. The van der Waals surface area contributed by atoms with Crippen LogP contribution in [-0.4, -0.2) is 16.2 Å². The molecule has 4 nitrogen and oxygen atoms in total. The fraction of sp³-hybridized carbons (Fsp3) is 0.423. The normalized spacial score (nSPS) is 14.6. The van der Waals surface area contributed by atoms with E-state index in [2.05, 4.69) is 41.5 Å². The minimum Gasteiger partial charge on any atom is -0.504 e.